The van der Waals surface area contributed by atoms with Gasteiger partial charge in [-0.05, 0) is 148 Å². The van der Waals surface area contributed by atoms with Gasteiger partial charge in [0.1, 0.15) is 0 Å². The zero-order chi connectivity index (χ0) is 49.2. The van der Waals surface area contributed by atoms with Crippen molar-refractivity contribution >= 4 is 34.1 Å². The monoisotopic (exact) mass is 913 g/mol. The molecule has 2 heteroatoms. The van der Waals surface area contributed by atoms with Crippen LogP contribution in [0.2, 0.25) is 0 Å². The minimum atomic E-state index is -0.255. The second-order valence-electron chi connectivity index (χ2n) is 25.1. The summed E-state index contributed by atoms with van der Waals surface area (Å²) < 4.78 is 0. The molecule has 0 saturated heterocycles. The molecule has 2 heterocycles. The number of hydrogen-bond donors (Lipinski definition) is 0. The van der Waals surface area contributed by atoms with Crippen LogP contribution in [0, 0.1) is 0 Å². The Bertz CT molecular complexity index is 3290. The van der Waals surface area contributed by atoms with E-state index in [9.17, 15) is 0 Å². The molecule has 0 spiro atoms. The van der Waals surface area contributed by atoms with Gasteiger partial charge in [-0.3, -0.25) is 0 Å². The summed E-state index contributed by atoms with van der Waals surface area (Å²) in [5.41, 5.74) is 28.5. The molecular weight excluding hydrogens is 845 g/mol. The number of para-hydroxylation sites is 2. The van der Waals surface area contributed by atoms with Gasteiger partial charge in [0.25, 0.3) is 0 Å². The SMILES string of the molecule is CC(C)(C)c1ccc2c(c1)C(C)(C)c1ccccc1N2c1cccc2c1C(C)(C)c1cc(-c3ccc4c(c3)C(C)(C)c3c-4cccc3N3c4ccccc4C(C)(C)c4cc(C(C)(C)C)ccc43)ccc1-2. The predicted octanol–water partition coefficient (Wildman–Crippen LogP) is 18.8. The first kappa shape index (κ1) is 44.6. The first-order valence-electron chi connectivity index (χ1n) is 25.7. The molecule has 70 heavy (non-hydrogen) atoms. The maximum atomic E-state index is 2.58. The van der Waals surface area contributed by atoms with E-state index in [2.05, 4.69) is 264 Å². The van der Waals surface area contributed by atoms with Gasteiger partial charge < -0.3 is 9.80 Å². The predicted molar refractivity (Wildman–Crippen MR) is 298 cm³/mol. The molecule has 0 unspecified atom stereocenters. The molecule has 0 fully saturated rings. The molecule has 0 saturated carbocycles. The van der Waals surface area contributed by atoms with E-state index in [-0.39, 0.29) is 32.5 Å². The van der Waals surface area contributed by atoms with Gasteiger partial charge in [-0.15, -0.1) is 0 Å². The molecule has 0 aromatic heterocycles. The highest BCUT2D eigenvalue weighted by atomic mass is 15.2. The van der Waals surface area contributed by atoms with Gasteiger partial charge in [0, 0.05) is 21.7 Å². The standard InChI is InChI=1S/C68H68N2/c1-63(2,3)43-31-35-57-53(39-43)65(7,8)49-23-15-17-25-55(49)69(57)59-27-19-21-47-45-33-29-41(37-51(45)67(11,12)61(47)59)42-30-34-46-48-22-20-28-60(62(48)68(13,14)52(46)38-42)70-56-26-18-16-24-50(56)66(9,10)54-40-44(64(4,5)6)32-36-58(54)70/h15-40H,1-14H3. The van der Waals surface area contributed by atoms with Crippen LogP contribution in [-0.2, 0) is 32.5 Å². The second-order valence-corrected chi connectivity index (χ2v) is 25.1. The number of hydrogen-bond acceptors (Lipinski definition) is 2. The lowest BCUT2D eigenvalue weighted by molar-refractivity contribution is 0.580. The molecule has 4 aliphatic rings. The van der Waals surface area contributed by atoms with Crippen LogP contribution < -0.4 is 9.80 Å². The van der Waals surface area contributed by atoms with Crippen LogP contribution in [0.5, 0.6) is 0 Å². The molecule has 2 aliphatic heterocycles. The van der Waals surface area contributed by atoms with Crippen molar-refractivity contribution in [2.24, 2.45) is 0 Å². The minimum absolute atomic E-state index is 0.0470. The van der Waals surface area contributed by atoms with E-state index in [1.165, 1.54) is 123 Å². The van der Waals surface area contributed by atoms with Gasteiger partial charge in [0.05, 0.1) is 34.1 Å². The molecule has 8 aromatic rings. The largest absolute Gasteiger partial charge is 0.310 e. The fourth-order valence-corrected chi connectivity index (χ4v) is 13.3. The Labute approximate surface area is 418 Å². The molecule has 0 amide bonds. The normalized spacial score (nSPS) is 17.1. The van der Waals surface area contributed by atoms with Crippen molar-refractivity contribution in [2.45, 2.75) is 129 Å². The third-order valence-corrected chi connectivity index (χ3v) is 17.3. The Morgan fingerprint density at radius 1 is 0.286 bits per heavy atom. The van der Waals surface area contributed by atoms with Gasteiger partial charge in [0.15, 0.2) is 0 Å². The van der Waals surface area contributed by atoms with Crippen molar-refractivity contribution in [1.82, 2.24) is 0 Å². The van der Waals surface area contributed by atoms with Gasteiger partial charge in [-0.2, -0.15) is 0 Å². The number of benzene rings is 8. The number of fused-ring (bicyclic) bond motifs is 10. The quantitative estimate of drug-likeness (QED) is 0.174. The number of rotatable bonds is 3. The molecule has 350 valence electrons. The molecule has 2 nitrogen and oxygen atoms in total. The van der Waals surface area contributed by atoms with E-state index in [4.69, 9.17) is 0 Å². The Balaban J connectivity index is 0.951. The van der Waals surface area contributed by atoms with Crippen molar-refractivity contribution < 1.29 is 0 Å². The molecule has 0 radical (unpaired) electrons. The molecule has 0 atom stereocenters. The Hall–Kier alpha value is -6.64. The summed E-state index contributed by atoms with van der Waals surface area (Å²) in [6.07, 6.45) is 0. The van der Waals surface area contributed by atoms with E-state index < -0.39 is 0 Å². The smallest absolute Gasteiger partial charge is 0.0508 e. The van der Waals surface area contributed by atoms with E-state index in [0.717, 1.165) is 0 Å². The van der Waals surface area contributed by atoms with E-state index in [1.807, 2.05) is 0 Å². The van der Waals surface area contributed by atoms with Crippen molar-refractivity contribution in [2.75, 3.05) is 9.80 Å². The summed E-state index contributed by atoms with van der Waals surface area (Å²) in [6.45, 7) is 33.3. The second kappa shape index (κ2) is 14.5. The van der Waals surface area contributed by atoms with Gasteiger partial charge in [0.2, 0.25) is 0 Å². The van der Waals surface area contributed by atoms with Gasteiger partial charge in [-0.25, -0.2) is 0 Å². The number of nitrogens with zero attached hydrogens (tertiary/aromatic N) is 2. The van der Waals surface area contributed by atoms with E-state index >= 15 is 0 Å². The molecule has 2 aliphatic carbocycles. The first-order chi connectivity index (χ1) is 33.0. The first-order valence-corrected chi connectivity index (χ1v) is 25.7. The summed E-state index contributed by atoms with van der Waals surface area (Å²) >= 11 is 0. The van der Waals surface area contributed by atoms with Crippen molar-refractivity contribution in [3.8, 4) is 33.4 Å². The molecule has 0 N–H and O–H groups in total. The van der Waals surface area contributed by atoms with Gasteiger partial charge in [-0.1, -0.05) is 206 Å². The Morgan fingerprint density at radius 2 is 0.643 bits per heavy atom. The maximum absolute atomic E-state index is 2.58. The van der Waals surface area contributed by atoms with Crippen LogP contribution in [0.25, 0.3) is 33.4 Å². The van der Waals surface area contributed by atoms with Gasteiger partial charge >= 0.3 is 0 Å². The molecule has 8 aromatic carbocycles. The number of anilines is 6. The van der Waals surface area contributed by atoms with Crippen LogP contribution in [0.15, 0.2) is 158 Å². The van der Waals surface area contributed by atoms with Crippen molar-refractivity contribution in [3.63, 3.8) is 0 Å². The lowest BCUT2D eigenvalue weighted by atomic mass is 9.71. The molecule has 12 rings (SSSR count). The molecule has 0 bridgehead atoms. The van der Waals surface area contributed by atoms with E-state index in [1.54, 1.807) is 0 Å². The van der Waals surface area contributed by atoms with Crippen LogP contribution in [-0.4, -0.2) is 0 Å². The zero-order valence-corrected chi connectivity index (χ0v) is 43.9. The summed E-state index contributed by atoms with van der Waals surface area (Å²) in [6, 6.07) is 61.2. The van der Waals surface area contributed by atoms with Crippen LogP contribution in [0.4, 0.5) is 34.1 Å². The lowest BCUT2D eigenvalue weighted by Crippen LogP contribution is -2.32. The Morgan fingerprint density at radius 3 is 1.03 bits per heavy atom. The molecular formula is C68H68N2. The maximum Gasteiger partial charge on any atom is 0.0508 e. The van der Waals surface area contributed by atoms with Crippen LogP contribution in [0.1, 0.15) is 153 Å². The zero-order valence-electron chi connectivity index (χ0n) is 43.9. The summed E-state index contributed by atoms with van der Waals surface area (Å²) in [7, 11) is 0. The van der Waals surface area contributed by atoms with E-state index in [0.29, 0.717) is 0 Å². The summed E-state index contributed by atoms with van der Waals surface area (Å²) in [5.74, 6) is 0. The highest BCUT2D eigenvalue weighted by Gasteiger charge is 2.45. The third-order valence-electron chi connectivity index (χ3n) is 17.3. The Kier molecular flexibility index (Phi) is 9.21. The minimum Gasteiger partial charge on any atom is -0.310 e. The fourth-order valence-electron chi connectivity index (χ4n) is 13.3. The average Bonchev–Trinajstić information content (AvgIpc) is 3.70. The van der Waals surface area contributed by atoms with Crippen molar-refractivity contribution in [1.29, 1.82) is 0 Å². The fraction of sp³-hybridized carbons (Fsp3) is 0.294. The van der Waals surface area contributed by atoms with Crippen LogP contribution >= 0.6 is 0 Å². The topological polar surface area (TPSA) is 6.48 Å². The highest BCUT2D eigenvalue weighted by Crippen LogP contribution is 2.61. The average molecular weight is 913 g/mol. The van der Waals surface area contributed by atoms with Crippen molar-refractivity contribution in [3.05, 3.63) is 213 Å². The third kappa shape index (κ3) is 6.10. The van der Waals surface area contributed by atoms with Crippen LogP contribution in [0.3, 0.4) is 0 Å². The highest BCUT2D eigenvalue weighted by molar-refractivity contribution is 5.97. The summed E-state index contributed by atoms with van der Waals surface area (Å²) in [4.78, 5) is 5.16. The summed E-state index contributed by atoms with van der Waals surface area (Å²) in [5, 5.41) is 0. The lowest BCUT2D eigenvalue weighted by Gasteiger charge is -2.44.